The van der Waals surface area contributed by atoms with E-state index in [0.717, 1.165) is 23.0 Å². The zero-order valence-electron chi connectivity index (χ0n) is 12.2. The summed E-state index contributed by atoms with van der Waals surface area (Å²) < 4.78 is 25.2. The van der Waals surface area contributed by atoms with Crippen LogP contribution in [-0.4, -0.2) is 51.6 Å². The zero-order valence-corrected chi connectivity index (χ0v) is 13.0. The number of aliphatic hydroxyl groups excluding tert-OH is 1. The average Bonchev–Trinajstić information content (AvgIpc) is 2.38. The van der Waals surface area contributed by atoms with Gasteiger partial charge in [-0.1, -0.05) is 6.92 Å². The number of rotatable bonds is 7. The van der Waals surface area contributed by atoms with Gasteiger partial charge in [0, 0.05) is 27.2 Å². The van der Waals surface area contributed by atoms with E-state index in [0.29, 0.717) is 12.2 Å². The molecule has 0 atom stereocenters. The van der Waals surface area contributed by atoms with Crippen LogP contribution in [0.2, 0.25) is 0 Å². The van der Waals surface area contributed by atoms with Crippen LogP contribution < -0.4 is 10.6 Å². The molecule has 1 aromatic carbocycles. The van der Waals surface area contributed by atoms with E-state index in [1.54, 1.807) is 12.1 Å². The maximum atomic E-state index is 12.0. The second-order valence-electron chi connectivity index (χ2n) is 4.72. The monoisotopic (exact) mass is 301 g/mol. The molecule has 0 saturated heterocycles. The van der Waals surface area contributed by atoms with Gasteiger partial charge in [0.15, 0.2) is 0 Å². The van der Waals surface area contributed by atoms with Crippen molar-refractivity contribution in [3.63, 3.8) is 0 Å². The molecule has 0 heterocycles. The molecule has 7 heteroatoms. The van der Waals surface area contributed by atoms with E-state index in [-0.39, 0.29) is 11.5 Å². The highest BCUT2D eigenvalue weighted by Gasteiger charge is 2.19. The molecule has 0 saturated carbocycles. The summed E-state index contributed by atoms with van der Waals surface area (Å²) >= 11 is 0. The van der Waals surface area contributed by atoms with Gasteiger partial charge in [-0.3, -0.25) is 0 Å². The molecule has 0 aliphatic rings. The first-order valence-electron chi connectivity index (χ1n) is 6.52. The minimum atomic E-state index is -3.48. The first-order valence-corrected chi connectivity index (χ1v) is 7.96. The van der Waals surface area contributed by atoms with Gasteiger partial charge in [-0.05, 0) is 24.6 Å². The predicted octanol–water partition coefficient (Wildman–Crippen LogP) is 0.728. The Morgan fingerprint density at radius 3 is 2.35 bits per heavy atom. The van der Waals surface area contributed by atoms with Crippen LogP contribution >= 0.6 is 0 Å². The number of benzene rings is 1. The minimum Gasteiger partial charge on any atom is -0.397 e. The molecule has 20 heavy (non-hydrogen) atoms. The van der Waals surface area contributed by atoms with E-state index >= 15 is 0 Å². The molecule has 6 nitrogen and oxygen atoms in total. The van der Waals surface area contributed by atoms with Crippen LogP contribution in [0.25, 0.3) is 0 Å². The van der Waals surface area contributed by atoms with Gasteiger partial charge in [0.2, 0.25) is 10.0 Å². The summed E-state index contributed by atoms with van der Waals surface area (Å²) in [5, 5.41) is 9.09. The molecule has 0 unspecified atom stereocenters. The third-order valence-corrected chi connectivity index (χ3v) is 4.79. The van der Waals surface area contributed by atoms with Crippen LogP contribution in [0.5, 0.6) is 0 Å². The number of nitrogen functional groups attached to an aromatic ring is 1. The third-order valence-electron chi connectivity index (χ3n) is 2.98. The lowest BCUT2D eigenvalue weighted by molar-refractivity contribution is 0.302. The van der Waals surface area contributed by atoms with Crippen LogP contribution in [0.4, 0.5) is 11.4 Å². The smallest absolute Gasteiger partial charge is 0.242 e. The predicted molar refractivity (Wildman–Crippen MR) is 81.3 cm³/mol. The van der Waals surface area contributed by atoms with E-state index < -0.39 is 10.0 Å². The van der Waals surface area contributed by atoms with E-state index in [9.17, 15) is 8.42 Å². The van der Waals surface area contributed by atoms with Crippen LogP contribution in [-0.2, 0) is 10.0 Å². The number of sulfonamides is 1. The first kappa shape index (κ1) is 16.7. The molecule has 0 aromatic heterocycles. The molecule has 0 fully saturated rings. The number of aliphatic hydroxyl groups is 1. The summed E-state index contributed by atoms with van der Waals surface area (Å²) in [5.41, 5.74) is 7.12. The largest absolute Gasteiger partial charge is 0.397 e. The molecule has 114 valence electrons. The van der Waals surface area contributed by atoms with Crippen molar-refractivity contribution in [2.24, 2.45) is 0 Å². The number of hydrogen-bond acceptors (Lipinski definition) is 5. The van der Waals surface area contributed by atoms with Gasteiger partial charge in [-0.15, -0.1) is 0 Å². The van der Waals surface area contributed by atoms with E-state index in [4.69, 9.17) is 10.8 Å². The number of hydrogen-bond donors (Lipinski definition) is 2. The average molecular weight is 301 g/mol. The Balaban J connectivity index is 3.16. The zero-order chi connectivity index (χ0) is 15.3. The van der Waals surface area contributed by atoms with Crippen LogP contribution in [0, 0.1) is 0 Å². The minimum absolute atomic E-state index is 0.0250. The van der Waals surface area contributed by atoms with Crippen LogP contribution in [0.1, 0.15) is 13.3 Å². The summed E-state index contributed by atoms with van der Waals surface area (Å²) in [6, 6.07) is 4.70. The lowest BCUT2D eigenvalue weighted by atomic mass is 10.2. The maximum absolute atomic E-state index is 12.0. The second-order valence-corrected chi connectivity index (χ2v) is 6.87. The van der Waals surface area contributed by atoms with Crippen LogP contribution in [0.15, 0.2) is 23.1 Å². The highest BCUT2D eigenvalue weighted by molar-refractivity contribution is 7.89. The number of anilines is 2. The molecular weight excluding hydrogens is 278 g/mol. The second kappa shape index (κ2) is 6.92. The highest BCUT2D eigenvalue weighted by atomic mass is 32.2. The lowest BCUT2D eigenvalue weighted by Gasteiger charge is -2.25. The third kappa shape index (κ3) is 3.62. The van der Waals surface area contributed by atoms with Gasteiger partial charge in [-0.25, -0.2) is 12.7 Å². The molecule has 1 aromatic rings. The van der Waals surface area contributed by atoms with Crippen molar-refractivity contribution < 1.29 is 13.5 Å². The topological polar surface area (TPSA) is 86.9 Å². The van der Waals surface area contributed by atoms with Gasteiger partial charge in [0.05, 0.1) is 22.9 Å². The summed E-state index contributed by atoms with van der Waals surface area (Å²) in [4.78, 5) is 2.12. The van der Waals surface area contributed by atoms with Crippen molar-refractivity contribution in [1.29, 1.82) is 0 Å². The quantitative estimate of drug-likeness (QED) is 0.725. The fraction of sp³-hybridized carbons (Fsp3) is 0.538. The fourth-order valence-corrected chi connectivity index (χ4v) is 2.87. The lowest BCUT2D eigenvalue weighted by Crippen LogP contribution is -2.28. The van der Waals surface area contributed by atoms with Crippen LogP contribution in [0.3, 0.4) is 0 Å². The van der Waals surface area contributed by atoms with E-state index in [2.05, 4.69) is 0 Å². The summed E-state index contributed by atoms with van der Waals surface area (Å²) in [5.74, 6) is 0. The first-order chi connectivity index (χ1) is 9.34. The Labute approximate surface area is 120 Å². The van der Waals surface area contributed by atoms with Crippen molar-refractivity contribution in [3.8, 4) is 0 Å². The molecule has 1 rings (SSSR count). The standard InChI is InChI=1S/C13H23N3O3S/c1-4-7-16(8-9-17)13-6-5-11(10-12(13)14)20(18,19)15(2)3/h5-6,10,17H,4,7-9,14H2,1-3H3. The Hall–Kier alpha value is -1.31. The Morgan fingerprint density at radius 1 is 1.25 bits per heavy atom. The molecule has 0 spiro atoms. The Morgan fingerprint density at radius 2 is 1.90 bits per heavy atom. The van der Waals surface area contributed by atoms with Crippen molar-refractivity contribution in [2.75, 3.05) is 44.4 Å². The van der Waals surface area contributed by atoms with Crippen molar-refractivity contribution in [1.82, 2.24) is 4.31 Å². The normalized spacial score (nSPS) is 11.8. The van der Waals surface area contributed by atoms with Gasteiger partial charge >= 0.3 is 0 Å². The van der Waals surface area contributed by atoms with E-state index in [1.165, 1.54) is 20.2 Å². The Bertz CT molecular complexity index is 538. The molecule has 0 bridgehead atoms. The number of nitrogens with zero attached hydrogens (tertiary/aromatic N) is 2. The maximum Gasteiger partial charge on any atom is 0.242 e. The molecule has 0 amide bonds. The molecule has 0 aliphatic heterocycles. The molecule has 0 aliphatic carbocycles. The van der Waals surface area contributed by atoms with Crippen molar-refractivity contribution in [3.05, 3.63) is 18.2 Å². The molecule has 0 radical (unpaired) electrons. The van der Waals surface area contributed by atoms with Gasteiger partial charge in [0.25, 0.3) is 0 Å². The molecule has 3 N–H and O–H groups in total. The molecular formula is C13H23N3O3S. The number of nitrogens with two attached hydrogens (primary N) is 1. The summed E-state index contributed by atoms with van der Waals surface area (Å²) in [7, 11) is -0.520. The fourth-order valence-electron chi connectivity index (χ4n) is 1.94. The van der Waals surface area contributed by atoms with Gasteiger partial charge in [-0.2, -0.15) is 0 Å². The summed E-state index contributed by atoms with van der Waals surface area (Å²) in [6.07, 6.45) is 0.914. The summed E-state index contributed by atoms with van der Waals surface area (Å²) in [6.45, 7) is 3.28. The highest BCUT2D eigenvalue weighted by Crippen LogP contribution is 2.27. The van der Waals surface area contributed by atoms with Gasteiger partial charge in [0.1, 0.15) is 0 Å². The van der Waals surface area contributed by atoms with E-state index in [1.807, 2.05) is 11.8 Å². The van der Waals surface area contributed by atoms with Gasteiger partial charge < -0.3 is 15.7 Å². The SMILES string of the molecule is CCCN(CCO)c1ccc(S(=O)(=O)N(C)C)cc1N. The van der Waals surface area contributed by atoms with Crippen molar-refractivity contribution in [2.45, 2.75) is 18.2 Å². The van der Waals surface area contributed by atoms with Crippen molar-refractivity contribution >= 4 is 21.4 Å². The Kier molecular flexibility index (Phi) is 5.79.